The number of amides is 1. The van der Waals surface area contributed by atoms with Crippen LogP contribution in [0.1, 0.15) is 23.8 Å². The predicted molar refractivity (Wildman–Crippen MR) is 66.0 cm³/mol. The third-order valence-corrected chi connectivity index (χ3v) is 2.32. The number of nitrogens with zero attached hydrogens (tertiary/aromatic N) is 2. The second kappa shape index (κ2) is 5.70. The molecule has 0 bridgehead atoms. The lowest BCUT2D eigenvalue weighted by Gasteiger charge is -2.12. The van der Waals surface area contributed by atoms with Crippen LogP contribution in [0.3, 0.4) is 0 Å². The molecule has 1 N–H and O–H groups in total. The molecule has 0 aliphatic heterocycles. The Bertz CT molecular complexity index is 379. The molecule has 1 amide bonds. The van der Waals surface area contributed by atoms with Crippen LogP contribution in [0.25, 0.3) is 0 Å². The lowest BCUT2D eigenvalue weighted by atomic mass is 10.3. The second-order valence-corrected chi connectivity index (χ2v) is 4.06. The summed E-state index contributed by atoms with van der Waals surface area (Å²) in [5, 5.41) is 3.49. The highest BCUT2D eigenvalue weighted by molar-refractivity contribution is 6.33. The number of rotatable bonds is 4. The molecule has 0 atom stereocenters. The molecule has 0 spiro atoms. The summed E-state index contributed by atoms with van der Waals surface area (Å²) in [6.07, 6.45) is 1.00. The van der Waals surface area contributed by atoms with Crippen molar-refractivity contribution in [2.24, 2.45) is 0 Å². The molecule has 0 saturated heterocycles. The fourth-order valence-electron chi connectivity index (χ4n) is 1.16. The van der Waals surface area contributed by atoms with E-state index in [0.717, 1.165) is 13.0 Å². The van der Waals surface area contributed by atoms with E-state index in [4.69, 9.17) is 11.6 Å². The zero-order valence-corrected chi connectivity index (χ0v) is 10.5. The Morgan fingerprint density at radius 2 is 2.19 bits per heavy atom. The molecule has 0 aliphatic carbocycles. The Kier molecular flexibility index (Phi) is 4.55. The highest BCUT2D eigenvalue weighted by Crippen LogP contribution is 2.17. The molecule has 1 aromatic rings. The summed E-state index contributed by atoms with van der Waals surface area (Å²) in [7, 11) is 3.35. The maximum Gasteiger partial charge on any atom is 0.273 e. The second-order valence-electron chi connectivity index (χ2n) is 3.65. The average molecular weight is 242 g/mol. The minimum atomic E-state index is -0.190. The molecule has 0 aromatic carbocycles. The SMILES string of the molecule is CCCNc1ccc(Cl)c(C(=O)N(C)C)n1. The first-order valence-corrected chi connectivity index (χ1v) is 5.56. The first-order valence-electron chi connectivity index (χ1n) is 5.18. The molecule has 0 saturated carbocycles. The number of pyridine rings is 1. The van der Waals surface area contributed by atoms with Gasteiger partial charge in [-0.05, 0) is 18.6 Å². The van der Waals surface area contributed by atoms with Gasteiger partial charge in [0.1, 0.15) is 11.5 Å². The van der Waals surface area contributed by atoms with E-state index in [1.165, 1.54) is 4.90 Å². The third-order valence-electron chi connectivity index (χ3n) is 2.01. The Labute approximate surface area is 101 Å². The Balaban J connectivity index is 2.94. The monoisotopic (exact) mass is 241 g/mol. The molecule has 0 aliphatic rings. The van der Waals surface area contributed by atoms with Crippen molar-refractivity contribution in [1.82, 2.24) is 9.88 Å². The van der Waals surface area contributed by atoms with E-state index in [1.54, 1.807) is 26.2 Å². The first-order chi connectivity index (χ1) is 7.56. The van der Waals surface area contributed by atoms with Gasteiger partial charge in [0.15, 0.2) is 0 Å². The van der Waals surface area contributed by atoms with E-state index < -0.39 is 0 Å². The van der Waals surface area contributed by atoms with Crippen molar-refractivity contribution < 1.29 is 4.79 Å². The molecule has 0 unspecified atom stereocenters. The fraction of sp³-hybridized carbons (Fsp3) is 0.455. The number of nitrogens with one attached hydrogen (secondary N) is 1. The molecule has 1 aromatic heterocycles. The van der Waals surface area contributed by atoms with Gasteiger partial charge in [0.2, 0.25) is 0 Å². The van der Waals surface area contributed by atoms with Gasteiger partial charge in [0, 0.05) is 20.6 Å². The fourth-order valence-corrected chi connectivity index (χ4v) is 1.34. The van der Waals surface area contributed by atoms with Crippen LogP contribution in [0.5, 0.6) is 0 Å². The summed E-state index contributed by atoms with van der Waals surface area (Å²) in [6, 6.07) is 3.45. The summed E-state index contributed by atoms with van der Waals surface area (Å²) >= 11 is 5.93. The Morgan fingerprint density at radius 1 is 1.50 bits per heavy atom. The van der Waals surface area contributed by atoms with E-state index >= 15 is 0 Å². The van der Waals surface area contributed by atoms with Crippen LogP contribution in [0.15, 0.2) is 12.1 Å². The van der Waals surface area contributed by atoms with E-state index in [0.29, 0.717) is 10.8 Å². The molecule has 0 fully saturated rings. The average Bonchev–Trinajstić information content (AvgIpc) is 2.27. The zero-order valence-electron chi connectivity index (χ0n) is 9.75. The van der Waals surface area contributed by atoms with Crippen molar-refractivity contribution in [2.45, 2.75) is 13.3 Å². The first kappa shape index (κ1) is 12.8. The molecule has 1 rings (SSSR count). The molecule has 4 nitrogen and oxygen atoms in total. The minimum absolute atomic E-state index is 0.190. The van der Waals surface area contributed by atoms with Gasteiger partial charge in [0.05, 0.1) is 5.02 Å². The van der Waals surface area contributed by atoms with Crippen molar-refractivity contribution in [3.8, 4) is 0 Å². The minimum Gasteiger partial charge on any atom is -0.370 e. The normalized spacial score (nSPS) is 10.0. The van der Waals surface area contributed by atoms with Gasteiger partial charge in [-0.1, -0.05) is 18.5 Å². The van der Waals surface area contributed by atoms with Crippen molar-refractivity contribution in [1.29, 1.82) is 0 Å². The number of anilines is 1. The number of hydrogen-bond donors (Lipinski definition) is 1. The Hall–Kier alpha value is -1.29. The maximum absolute atomic E-state index is 11.7. The van der Waals surface area contributed by atoms with Crippen LogP contribution in [-0.4, -0.2) is 36.4 Å². The molecule has 0 radical (unpaired) electrons. The number of carbonyl (C=O) groups excluding carboxylic acids is 1. The number of aromatic nitrogens is 1. The lowest BCUT2D eigenvalue weighted by Crippen LogP contribution is -2.23. The topological polar surface area (TPSA) is 45.2 Å². The smallest absolute Gasteiger partial charge is 0.273 e. The quantitative estimate of drug-likeness (QED) is 0.880. The largest absolute Gasteiger partial charge is 0.370 e. The van der Waals surface area contributed by atoms with Crippen LogP contribution in [-0.2, 0) is 0 Å². The van der Waals surface area contributed by atoms with Crippen molar-refractivity contribution >= 4 is 23.3 Å². The van der Waals surface area contributed by atoms with Crippen LogP contribution in [0.4, 0.5) is 5.82 Å². The third kappa shape index (κ3) is 3.10. The van der Waals surface area contributed by atoms with Crippen molar-refractivity contribution in [2.75, 3.05) is 26.0 Å². The van der Waals surface area contributed by atoms with E-state index in [1.807, 2.05) is 0 Å². The van der Waals surface area contributed by atoms with Gasteiger partial charge in [-0.15, -0.1) is 0 Å². The highest BCUT2D eigenvalue weighted by atomic mass is 35.5. The zero-order chi connectivity index (χ0) is 12.1. The standard InChI is InChI=1S/C11H16ClN3O/c1-4-7-13-9-6-5-8(12)10(14-9)11(16)15(2)3/h5-6H,4,7H2,1-3H3,(H,13,14). The summed E-state index contributed by atoms with van der Waals surface area (Å²) in [5.74, 6) is 0.488. The van der Waals surface area contributed by atoms with Crippen molar-refractivity contribution in [3.05, 3.63) is 22.8 Å². The summed E-state index contributed by atoms with van der Waals surface area (Å²) < 4.78 is 0. The number of hydrogen-bond acceptors (Lipinski definition) is 3. The van der Waals surface area contributed by atoms with Crippen molar-refractivity contribution in [3.63, 3.8) is 0 Å². The van der Waals surface area contributed by atoms with Crippen LogP contribution in [0, 0.1) is 0 Å². The molecular weight excluding hydrogens is 226 g/mol. The molecular formula is C11H16ClN3O. The van der Waals surface area contributed by atoms with Crippen LogP contribution >= 0.6 is 11.6 Å². The van der Waals surface area contributed by atoms with Crippen LogP contribution < -0.4 is 5.32 Å². The van der Waals surface area contributed by atoms with Gasteiger partial charge in [-0.2, -0.15) is 0 Å². The van der Waals surface area contributed by atoms with E-state index in [-0.39, 0.29) is 11.6 Å². The van der Waals surface area contributed by atoms with Gasteiger partial charge >= 0.3 is 0 Å². The summed E-state index contributed by atoms with van der Waals surface area (Å²) in [4.78, 5) is 17.4. The summed E-state index contributed by atoms with van der Waals surface area (Å²) in [5.41, 5.74) is 0.285. The van der Waals surface area contributed by atoms with Gasteiger partial charge < -0.3 is 10.2 Å². The number of halogens is 1. The van der Waals surface area contributed by atoms with E-state index in [9.17, 15) is 4.79 Å². The molecule has 16 heavy (non-hydrogen) atoms. The van der Waals surface area contributed by atoms with Crippen LogP contribution in [0.2, 0.25) is 5.02 Å². The lowest BCUT2D eigenvalue weighted by molar-refractivity contribution is 0.0822. The molecule has 5 heteroatoms. The highest BCUT2D eigenvalue weighted by Gasteiger charge is 2.14. The molecule has 88 valence electrons. The predicted octanol–water partition coefficient (Wildman–Crippen LogP) is 2.26. The van der Waals surface area contributed by atoms with E-state index in [2.05, 4.69) is 17.2 Å². The Morgan fingerprint density at radius 3 is 2.75 bits per heavy atom. The number of carbonyl (C=O) groups is 1. The maximum atomic E-state index is 11.7. The molecule has 1 heterocycles. The summed E-state index contributed by atoms with van der Waals surface area (Å²) in [6.45, 7) is 2.89. The van der Waals surface area contributed by atoms with Gasteiger partial charge in [0.25, 0.3) is 5.91 Å². The van der Waals surface area contributed by atoms with Gasteiger partial charge in [-0.25, -0.2) is 4.98 Å². The van der Waals surface area contributed by atoms with Gasteiger partial charge in [-0.3, -0.25) is 4.79 Å².